The predicted molar refractivity (Wildman–Crippen MR) is 59.4 cm³/mol. The molecule has 0 aliphatic heterocycles. The zero-order valence-corrected chi connectivity index (χ0v) is 9.03. The van der Waals surface area contributed by atoms with Gasteiger partial charge in [-0.2, -0.15) is 0 Å². The maximum atomic E-state index is 12.9. The highest BCUT2D eigenvalue weighted by atomic mass is 19.1. The molecule has 1 aromatic carbocycles. The van der Waals surface area contributed by atoms with Gasteiger partial charge in [-0.05, 0) is 24.6 Å². The fourth-order valence-corrected chi connectivity index (χ4v) is 1.18. The molecule has 1 aromatic rings. The summed E-state index contributed by atoms with van der Waals surface area (Å²) in [5, 5.41) is 11.7. The van der Waals surface area contributed by atoms with Crippen LogP contribution in [0.2, 0.25) is 0 Å². The zero-order chi connectivity index (χ0) is 12.1. The Balaban J connectivity index is 2.69. The van der Waals surface area contributed by atoms with E-state index in [4.69, 9.17) is 5.73 Å². The second kappa shape index (κ2) is 5.46. The highest BCUT2D eigenvalue weighted by molar-refractivity contribution is 5.99. The number of hydrogen-bond acceptors (Lipinski definition) is 3. The first-order valence-electron chi connectivity index (χ1n) is 5.06. The van der Waals surface area contributed by atoms with Gasteiger partial charge in [0.2, 0.25) is 0 Å². The van der Waals surface area contributed by atoms with E-state index in [1.807, 2.05) is 0 Å². The first-order valence-corrected chi connectivity index (χ1v) is 5.06. The minimum absolute atomic E-state index is 0.0864. The number of amides is 1. The molecule has 0 saturated heterocycles. The summed E-state index contributed by atoms with van der Waals surface area (Å²) in [7, 11) is 0. The van der Waals surface area contributed by atoms with Crippen LogP contribution in [-0.4, -0.2) is 23.7 Å². The van der Waals surface area contributed by atoms with E-state index < -0.39 is 17.8 Å². The highest BCUT2D eigenvalue weighted by Crippen LogP contribution is 2.12. The Hall–Kier alpha value is -1.62. The number of nitrogens with two attached hydrogens (primary N) is 1. The van der Waals surface area contributed by atoms with Crippen molar-refractivity contribution in [3.63, 3.8) is 0 Å². The van der Waals surface area contributed by atoms with Crippen LogP contribution in [0.25, 0.3) is 0 Å². The van der Waals surface area contributed by atoms with Crippen LogP contribution in [0.5, 0.6) is 0 Å². The SMILES string of the molecule is CCC(O)CNC(=O)c1cc(F)ccc1N. The van der Waals surface area contributed by atoms with E-state index in [0.717, 1.165) is 6.07 Å². The number of aliphatic hydroxyl groups excluding tert-OH is 1. The van der Waals surface area contributed by atoms with Gasteiger partial charge < -0.3 is 16.2 Å². The summed E-state index contributed by atoms with van der Waals surface area (Å²) in [4.78, 5) is 11.6. The maximum absolute atomic E-state index is 12.9. The number of nitrogens with one attached hydrogen (secondary N) is 1. The molecule has 0 heterocycles. The normalized spacial score (nSPS) is 12.2. The molecule has 1 amide bonds. The molecular formula is C11H15FN2O2. The fourth-order valence-electron chi connectivity index (χ4n) is 1.18. The monoisotopic (exact) mass is 226 g/mol. The predicted octanol–water partition coefficient (Wildman–Crippen LogP) is 0.909. The van der Waals surface area contributed by atoms with Gasteiger partial charge in [-0.15, -0.1) is 0 Å². The van der Waals surface area contributed by atoms with Crippen molar-refractivity contribution in [2.45, 2.75) is 19.4 Å². The Kier molecular flexibility index (Phi) is 4.25. The van der Waals surface area contributed by atoms with Crippen LogP contribution in [0.3, 0.4) is 0 Å². The van der Waals surface area contributed by atoms with E-state index >= 15 is 0 Å². The van der Waals surface area contributed by atoms with Gasteiger partial charge in [-0.1, -0.05) is 6.92 Å². The van der Waals surface area contributed by atoms with Gasteiger partial charge in [-0.3, -0.25) is 4.79 Å². The lowest BCUT2D eigenvalue weighted by Gasteiger charge is -2.10. The molecular weight excluding hydrogens is 211 g/mol. The number of benzene rings is 1. The molecule has 4 N–H and O–H groups in total. The number of nitrogen functional groups attached to an aromatic ring is 1. The van der Waals surface area contributed by atoms with Crippen molar-refractivity contribution in [3.8, 4) is 0 Å². The molecule has 5 heteroatoms. The number of aliphatic hydroxyl groups is 1. The van der Waals surface area contributed by atoms with Crippen molar-refractivity contribution in [2.75, 3.05) is 12.3 Å². The first kappa shape index (κ1) is 12.4. The van der Waals surface area contributed by atoms with Crippen molar-refractivity contribution >= 4 is 11.6 Å². The van der Waals surface area contributed by atoms with Gasteiger partial charge in [0.1, 0.15) is 5.82 Å². The standard InChI is InChI=1S/C11H15FN2O2/c1-2-8(15)6-14-11(16)9-5-7(12)3-4-10(9)13/h3-5,8,15H,2,6,13H2,1H3,(H,14,16). The molecule has 0 bridgehead atoms. The van der Waals surface area contributed by atoms with Crippen molar-refractivity contribution in [2.24, 2.45) is 0 Å². The Morgan fingerprint density at radius 1 is 1.62 bits per heavy atom. The molecule has 0 aromatic heterocycles. The number of rotatable bonds is 4. The molecule has 0 aliphatic rings. The number of halogens is 1. The molecule has 1 unspecified atom stereocenters. The van der Waals surface area contributed by atoms with E-state index in [0.29, 0.717) is 6.42 Å². The third-order valence-corrected chi connectivity index (χ3v) is 2.23. The van der Waals surface area contributed by atoms with Crippen molar-refractivity contribution in [1.29, 1.82) is 0 Å². The van der Waals surface area contributed by atoms with E-state index in [2.05, 4.69) is 5.32 Å². The fraction of sp³-hybridized carbons (Fsp3) is 0.364. The summed E-state index contributed by atoms with van der Waals surface area (Å²) in [6.07, 6.45) is -0.0578. The first-order chi connectivity index (χ1) is 7.54. The van der Waals surface area contributed by atoms with Gasteiger partial charge in [0.05, 0.1) is 11.7 Å². The molecule has 0 radical (unpaired) electrons. The minimum Gasteiger partial charge on any atom is -0.398 e. The minimum atomic E-state index is -0.598. The average molecular weight is 226 g/mol. The Morgan fingerprint density at radius 3 is 2.94 bits per heavy atom. The number of carbonyl (C=O) groups excluding carboxylic acids is 1. The summed E-state index contributed by atoms with van der Waals surface area (Å²) in [5.74, 6) is -1.00. The third kappa shape index (κ3) is 3.20. The number of hydrogen-bond donors (Lipinski definition) is 3. The molecule has 0 spiro atoms. The Morgan fingerprint density at radius 2 is 2.31 bits per heavy atom. The van der Waals surface area contributed by atoms with Crippen LogP contribution in [0, 0.1) is 5.82 Å². The van der Waals surface area contributed by atoms with Crippen LogP contribution in [-0.2, 0) is 0 Å². The van der Waals surface area contributed by atoms with Crippen LogP contribution in [0.15, 0.2) is 18.2 Å². The van der Waals surface area contributed by atoms with Crippen molar-refractivity contribution in [1.82, 2.24) is 5.32 Å². The van der Waals surface area contributed by atoms with Crippen LogP contribution in [0.4, 0.5) is 10.1 Å². The third-order valence-electron chi connectivity index (χ3n) is 2.23. The summed E-state index contributed by atoms with van der Waals surface area (Å²) in [6.45, 7) is 1.93. The van der Waals surface area contributed by atoms with Gasteiger partial charge in [0.25, 0.3) is 5.91 Å². The molecule has 1 rings (SSSR count). The zero-order valence-electron chi connectivity index (χ0n) is 9.03. The van der Waals surface area contributed by atoms with E-state index in [1.54, 1.807) is 6.92 Å². The molecule has 1 atom stereocenters. The van der Waals surface area contributed by atoms with Crippen LogP contribution >= 0.6 is 0 Å². The average Bonchev–Trinajstić information content (AvgIpc) is 2.28. The number of carbonyl (C=O) groups is 1. The molecule has 88 valence electrons. The molecule has 16 heavy (non-hydrogen) atoms. The molecule has 0 aliphatic carbocycles. The van der Waals surface area contributed by atoms with Crippen molar-refractivity contribution < 1.29 is 14.3 Å². The highest BCUT2D eigenvalue weighted by Gasteiger charge is 2.11. The lowest BCUT2D eigenvalue weighted by molar-refractivity contribution is 0.0914. The molecule has 0 saturated carbocycles. The van der Waals surface area contributed by atoms with Gasteiger partial charge in [-0.25, -0.2) is 4.39 Å². The summed E-state index contributed by atoms with van der Waals surface area (Å²) in [6, 6.07) is 3.59. The topological polar surface area (TPSA) is 75.3 Å². The summed E-state index contributed by atoms with van der Waals surface area (Å²) >= 11 is 0. The van der Waals surface area contributed by atoms with Gasteiger partial charge in [0.15, 0.2) is 0 Å². The lowest BCUT2D eigenvalue weighted by Crippen LogP contribution is -2.32. The summed E-state index contributed by atoms with van der Waals surface area (Å²) in [5.41, 5.74) is 5.84. The van der Waals surface area contributed by atoms with Crippen molar-refractivity contribution in [3.05, 3.63) is 29.6 Å². The molecule has 4 nitrogen and oxygen atoms in total. The quantitative estimate of drug-likeness (QED) is 0.668. The van der Waals surface area contributed by atoms with E-state index in [-0.39, 0.29) is 17.8 Å². The second-order valence-corrected chi connectivity index (χ2v) is 3.50. The Bertz CT molecular complexity index is 382. The van der Waals surface area contributed by atoms with Crippen LogP contribution in [0.1, 0.15) is 23.7 Å². The van der Waals surface area contributed by atoms with Crippen LogP contribution < -0.4 is 11.1 Å². The maximum Gasteiger partial charge on any atom is 0.253 e. The Labute approximate surface area is 93.3 Å². The van der Waals surface area contributed by atoms with E-state index in [9.17, 15) is 14.3 Å². The number of anilines is 1. The van der Waals surface area contributed by atoms with Gasteiger partial charge in [0, 0.05) is 12.2 Å². The van der Waals surface area contributed by atoms with Gasteiger partial charge >= 0.3 is 0 Å². The molecule has 0 fully saturated rings. The largest absolute Gasteiger partial charge is 0.398 e. The lowest BCUT2D eigenvalue weighted by atomic mass is 10.1. The van der Waals surface area contributed by atoms with E-state index in [1.165, 1.54) is 12.1 Å². The summed E-state index contributed by atoms with van der Waals surface area (Å²) < 4.78 is 12.9. The second-order valence-electron chi connectivity index (χ2n) is 3.50. The smallest absolute Gasteiger partial charge is 0.253 e.